The molecule has 0 radical (unpaired) electrons. The number of ether oxygens (including phenoxy) is 1. The second kappa shape index (κ2) is 8.69. The van der Waals surface area contributed by atoms with Gasteiger partial charge >= 0.3 is 12.1 Å². The maximum Gasteiger partial charge on any atom is 0.413 e. The summed E-state index contributed by atoms with van der Waals surface area (Å²) in [5, 5.41) is 16.5. The largest absolute Gasteiger partial charge is 0.481 e. The van der Waals surface area contributed by atoms with Gasteiger partial charge in [-0.1, -0.05) is 44.2 Å². The fourth-order valence-electron chi connectivity index (χ4n) is 3.65. The van der Waals surface area contributed by atoms with Crippen LogP contribution in [-0.2, 0) is 22.0 Å². The molecule has 8 heteroatoms. The summed E-state index contributed by atoms with van der Waals surface area (Å²) in [5.74, 6) is -0.0182. The molecule has 1 fully saturated rings. The maximum absolute atomic E-state index is 12.3. The van der Waals surface area contributed by atoms with E-state index in [1.54, 1.807) is 24.1 Å². The van der Waals surface area contributed by atoms with E-state index in [1.807, 2.05) is 57.2 Å². The molecule has 4 rings (SSSR count). The smallest absolute Gasteiger partial charge is 0.413 e. The number of nitrogens with one attached hydrogen (secondary N) is 1. The Bertz CT molecular complexity index is 1160. The first-order valence-corrected chi connectivity index (χ1v) is 11.0. The van der Waals surface area contributed by atoms with Crippen molar-refractivity contribution in [1.82, 2.24) is 14.8 Å². The van der Waals surface area contributed by atoms with Gasteiger partial charge in [0.15, 0.2) is 0 Å². The number of rotatable bonds is 7. The average molecular weight is 449 g/mol. The van der Waals surface area contributed by atoms with Crippen LogP contribution in [0.2, 0.25) is 0 Å². The van der Waals surface area contributed by atoms with Crippen molar-refractivity contribution < 1.29 is 19.4 Å². The van der Waals surface area contributed by atoms with E-state index in [0.717, 1.165) is 27.9 Å². The van der Waals surface area contributed by atoms with Crippen molar-refractivity contribution in [1.29, 1.82) is 0 Å². The highest BCUT2D eigenvalue weighted by Gasteiger charge is 2.51. The lowest BCUT2D eigenvalue weighted by atomic mass is 9.97. The minimum absolute atomic E-state index is 0.204. The lowest BCUT2D eigenvalue weighted by Crippen LogP contribution is -2.25. The van der Waals surface area contributed by atoms with Crippen molar-refractivity contribution in [3.8, 4) is 22.4 Å². The van der Waals surface area contributed by atoms with Crippen LogP contribution in [0.1, 0.15) is 39.2 Å². The van der Waals surface area contributed by atoms with E-state index >= 15 is 0 Å². The second-order valence-corrected chi connectivity index (χ2v) is 8.91. The summed E-state index contributed by atoms with van der Waals surface area (Å²) in [6.07, 6.45) is 3.95. The molecule has 1 aromatic carbocycles. The normalized spacial score (nSPS) is 15.2. The Balaban J connectivity index is 1.51. The van der Waals surface area contributed by atoms with Crippen molar-refractivity contribution in [2.75, 3.05) is 5.32 Å². The number of amides is 1. The molecule has 33 heavy (non-hydrogen) atoms. The SMILES string of the molecule is CC(C)C(C)OC(=O)Nc1c(-c2ccc(-c3ccc(C4(C(=O)O)CC4)cn3)cc2)cnn1C. The molecular formula is C25H28N4O4. The summed E-state index contributed by atoms with van der Waals surface area (Å²) >= 11 is 0. The van der Waals surface area contributed by atoms with E-state index in [2.05, 4.69) is 15.4 Å². The summed E-state index contributed by atoms with van der Waals surface area (Å²) in [7, 11) is 1.76. The molecule has 0 saturated heterocycles. The molecule has 172 valence electrons. The Morgan fingerprint density at radius 3 is 2.27 bits per heavy atom. The van der Waals surface area contributed by atoms with Gasteiger partial charge < -0.3 is 9.84 Å². The molecule has 0 spiro atoms. The standard InChI is InChI=1S/C25H28N4O4/c1-15(2)16(3)33-24(32)28-22-20(14-27-29(22)4)17-5-7-18(8-6-17)21-10-9-19(13-26-21)25(11-12-25)23(30)31/h5-10,13-16H,11-12H2,1-4H3,(H,28,32)(H,30,31). The number of carbonyl (C=O) groups excluding carboxylic acids is 1. The third kappa shape index (κ3) is 4.46. The molecule has 0 aliphatic heterocycles. The number of carboxylic acid groups (broad SMARTS) is 1. The molecule has 2 heterocycles. The lowest BCUT2D eigenvalue weighted by Gasteiger charge is -2.17. The molecule has 1 saturated carbocycles. The Hall–Kier alpha value is -3.68. The van der Waals surface area contributed by atoms with Crippen molar-refractivity contribution in [3.63, 3.8) is 0 Å². The predicted molar refractivity (Wildman–Crippen MR) is 125 cm³/mol. The van der Waals surface area contributed by atoms with E-state index in [0.29, 0.717) is 18.7 Å². The number of nitrogens with zero attached hydrogens (tertiary/aromatic N) is 3. The zero-order valence-electron chi connectivity index (χ0n) is 19.2. The number of carbonyl (C=O) groups is 2. The van der Waals surface area contributed by atoms with Crippen molar-refractivity contribution >= 4 is 17.9 Å². The molecule has 3 aromatic rings. The zero-order valence-corrected chi connectivity index (χ0v) is 19.2. The molecule has 1 amide bonds. The second-order valence-electron chi connectivity index (χ2n) is 8.91. The van der Waals surface area contributed by atoms with Crippen LogP contribution in [0.4, 0.5) is 10.6 Å². The van der Waals surface area contributed by atoms with Crippen LogP contribution in [0.15, 0.2) is 48.8 Å². The molecule has 1 aliphatic rings. The van der Waals surface area contributed by atoms with Crippen LogP contribution in [0.5, 0.6) is 0 Å². The highest BCUT2D eigenvalue weighted by molar-refractivity contribution is 5.90. The molecule has 2 N–H and O–H groups in total. The van der Waals surface area contributed by atoms with Crippen LogP contribution in [0.3, 0.4) is 0 Å². The van der Waals surface area contributed by atoms with E-state index in [4.69, 9.17) is 4.74 Å². The fraction of sp³-hybridized carbons (Fsp3) is 0.360. The molecular weight excluding hydrogens is 420 g/mol. The summed E-state index contributed by atoms with van der Waals surface area (Å²) in [5.41, 5.74) is 3.33. The Labute approximate surface area is 192 Å². The first-order valence-electron chi connectivity index (χ1n) is 11.0. The quantitative estimate of drug-likeness (QED) is 0.535. The van der Waals surface area contributed by atoms with E-state index in [9.17, 15) is 14.7 Å². The number of carboxylic acids is 1. The van der Waals surface area contributed by atoms with Gasteiger partial charge in [-0.15, -0.1) is 0 Å². The first-order chi connectivity index (χ1) is 15.7. The molecule has 2 aromatic heterocycles. The van der Waals surface area contributed by atoms with Gasteiger partial charge in [-0.05, 0) is 42.9 Å². The van der Waals surface area contributed by atoms with Crippen LogP contribution in [-0.4, -0.2) is 38.0 Å². The van der Waals surface area contributed by atoms with E-state index in [-0.39, 0.29) is 12.0 Å². The highest BCUT2D eigenvalue weighted by atomic mass is 16.6. The number of aromatic nitrogens is 3. The summed E-state index contributed by atoms with van der Waals surface area (Å²) in [6.45, 7) is 5.85. The highest BCUT2D eigenvalue weighted by Crippen LogP contribution is 2.48. The molecule has 8 nitrogen and oxygen atoms in total. The summed E-state index contributed by atoms with van der Waals surface area (Å²) < 4.78 is 7.02. The van der Waals surface area contributed by atoms with Gasteiger partial charge in [0.05, 0.1) is 17.3 Å². The van der Waals surface area contributed by atoms with Crippen LogP contribution < -0.4 is 5.32 Å². The van der Waals surface area contributed by atoms with Crippen LogP contribution >= 0.6 is 0 Å². The summed E-state index contributed by atoms with van der Waals surface area (Å²) in [4.78, 5) is 28.3. The lowest BCUT2D eigenvalue weighted by molar-refractivity contribution is -0.140. The third-order valence-electron chi connectivity index (χ3n) is 6.36. The molecule has 1 aliphatic carbocycles. The summed E-state index contributed by atoms with van der Waals surface area (Å²) in [6, 6.07) is 11.5. The van der Waals surface area contributed by atoms with E-state index < -0.39 is 17.5 Å². The van der Waals surface area contributed by atoms with Crippen LogP contribution in [0, 0.1) is 5.92 Å². The van der Waals surface area contributed by atoms with Gasteiger partial charge in [0.25, 0.3) is 0 Å². The monoisotopic (exact) mass is 448 g/mol. The topological polar surface area (TPSA) is 106 Å². The minimum Gasteiger partial charge on any atom is -0.481 e. The number of hydrogen-bond donors (Lipinski definition) is 2. The molecule has 1 atom stereocenters. The molecule has 1 unspecified atom stereocenters. The van der Waals surface area contributed by atoms with Gasteiger partial charge in [-0.25, -0.2) is 4.79 Å². The fourth-order valence-corrected chi connectivity index (χ4v) is 3.65. The van der Waals surface area contributed by atoms with Crippen molar-refractivity contribution in [2.24, 2.45) is 13.0 Å². The number of aliphatic carboxylic acids is 1. The average Bonchev–Trinajstić information content (AvgIpc) is 3.54. The van der Waals surface area contributed by atoms with Gasteiger partial charge in [-0.2, -0.15) is 5.10 Å². The number of pyridine rings is 1. The zero-order chi connectivity index (χ0) is 23.8. The number of benzene rings is 1. The van der Waals surface area contributed by atoms with Crippen molar-refractivity contribution in [3.05, 3.63) is 54.4 Å². The third-order valence-corrected chi connectivity index (χ3v) is 6.36. The van der Waals surface area contributed by atoms with Gasteiger partial charge in [0.1, 0.15) is 11.9 Å². The number of aryl methyl sites for hydroxylation is 1. The number of anilines is 1. The predicted octanol–water partition coefficient (Wildman–Crippen LogP) is 4.86. The van der Waals surface area contributed by atoms with Crippen LogP contribution in [0.25, 0.3) is 22.4 Å². The van der Waals surface area contributed by atoms with Crippen molar-refractivity contribution in [2.45, 2.75) is 45.1 Å². The minimum atomic E-state index is -0.787. The van der Waals surface area contributed by atoms with Gasteiger partial charge in [0.2, 0.25) is 0 Å². The Morgan fingerprint density at radius 2 is 1.73 bits per heavy atom. The Kier molecular flexibility index (Phi) is 5.93. The van der Waals surface area contributed by atoms with E-state index in [1.165, 1.54) is 0 Å². The molecule has 0 bridgehead atoms. The first kappa shape index (κ1) is 22.5. The number of hydrogen-bond acceptors (Lipinski definition) is 5. The van der Waals surface area contributed by atoms with Gasteiger partial charge in [-0.3, -0.25) is 19.8 Å². The maximum atomic E-state index is 12.3. The van der Waals surface area contributed by atoms with Gasteiger partial charge in [0, 0.05) is 24.4 Å². The Morgan fingerprint density at radius 1 is 1.06 bits per heavy atom.